The second-order valence-electron chi connectivity index (χ2n) is 9.93. The molecule has 10 atom stereocenters. The highest BCUT2D eigenvalue weighted by Gasteiger charge is 2.63. The summed E-state index contributed by atoms with van der Waals surface area (Å²) in [5, 5.41) is 31.9. The summed E-state index contributed by atoms with van der Waals surface area (Å²) >= 11 is 0. The minimum Gasteiger partial charge on any atom is -0.393 e. The summed E-state index contributed by atoms with van der Waals surface area (Å²) in [5.74, 6) is 2.21. The lowest BCUT2D eigenvalue weighted by Crippen LogP contribution is -2.58. The number of fused-ring (bicyclic) bond motifs is 5. The Kier molecular flexibility index (Phi) is 3.69. The summed E-state index contributed by atoms with van der Waals surface area (Å²) in [5.41, 5.74) is 0.278. The Balaban J connectivity index is 1.68. The molecule has 4 aliphatic rings. The molecule has 0 saturated heterocycles. The van der Waals surface area contributed by atoms with Crippen molar-refractivity contribution in [2.75, 3.05) is 0 Å². The zero-order valence-corrected chi connectivity index (χ0v) is 14.9. The van der Waals surface area contributed by atoms with Crippen LogP contribution in [0.1, 0.15) is 65.7 Å². The molecule has 3 N–H and O–H groups in total. The van der Waals surface area contributed by atoms with Crippen molar-refractivity contribution in [2.24, 2.45) is 40.4 Å². The van der Waals surface area contributed by atoms with Crippen LogP contribution in [-0.2, 0) is 0 Å². The highest BCUT2D eigenvalue weighted by molar-refractivity contribution is 5.12. The molecule has 132 valence electrons. The van der Waals surface area contributed by atoms with Crippen LogP contribution in [0.5, 0.6) is 0 Å². The van der Waals surface area contributed by atoms with E-state index in [-0.39, 0.29) is 29.1 Å². The second-order valence-corrected chi connectivity index (χ2v) is 9.93. The van der Waals surface area contributed by atoms with Crippen LogP contribution in [0.3, 0.4) is 0 Å². The summed E-state index contributed by atoms with van der Waals surface area (Å²) in [6, 6.07) is 0. The molecule has 0 bridgehead atoms. The van der Waals surface area contributed by atoms with Gasteiger partial charge in [0.05, 0.1) is 18.3 Å². The Hall–Kier alpha value is -0.120. The zero-order chi connectivity index (χ0) is 16.6. The highest BCUT2D eigenvalue weighted by Crippen LogP contribution is 2.66. The first-order valence-corrected chi connectivity index (χ1v) is 9.81. The standard InChI is InChI=1S/C20H34O3/c1-11-8-15-17-14(5-7-20(15,3)18(11)23)19(2)6-4-13(21)9-12(19)10-16(17)22/h11-18,21-23H,4-10H2,1-3H3/t11-,12-,13-,14?,15?,16?,17?,18+,19+,20+/m1/s1. The Bertz CT molecular complexity index is 480. The minimum absolute atomic E-state index is 0.00105. The maximum atomic E-state index is 11.0. The molecule has 4 aliphatic carbocycles. The molecule has 0 aromatic heterocycles. The van der Waals surface area contributed by atoms with E-state index in [0.717, 1.165) is 44.9 Å². The molecular weight excluding hydrogens is 288 g/mol. The molecule has 0 aromatic carbocycles. The van der Waals surface area contributed by atoms with E-state index in [2.05, 4.69) is 20.8 Å². The molecular formula is C20H34O3. The van der Waals surface area contributed by atoms with Gasteiger partial charge in [0.1, 0.15) is 0 Å². The van der Waals surface area contributed by atoms with Gasteiger partial charge in [0.25, 0.3) is 0 Å². The lowest BCUT2D eigenvalue weighted by molar-refractivity contribution is -0.177. The Morgan fingerprint density at radius 3 is 2.26 bits per heavy atom. The van der Waals surface area contributed by atoms with Crippen molar-refractivity contribution in [1.82, 2.24) is 0 Å². The minimum atomic E-state index is -0.245. The fraction of sp³-hybridized carbons (Fsp3) is 1.00. The van der Waals surface area contributed by atoms with E-state index in [9.17, 15) is 15.3 Å². The van der Waals surface area contributed by atoms with Crippen LogP contribution in [0.25, 0.3) is 0 Å². The first-order chi connectivity index (χ1) is 10.8. The van der Waals surface area contributed by atoms with Crippen molar-refractivity contribution in [2.45, 2.75) is 84.0 Å². The van der Waals surface area contributed by atoms with Crippen LogP contribution in [-0.4, -0.2) is 33.6 Å². The van der Waals surface area contributed by atoms with Crippen molar-refractivity contribution < 1.29 is 15.3 Å². The first-order valence-electron chi connectivity index (χ1n) is 9.81. The number of aliphatic hydroxyl groups excluding tert-OH is 3. The quantitative estimate of drug-likeness (QED) is 0.642. The van der Waals surface area contributed by atoms with Crippen LogP contribution in [0.15, 0.2) is 0 Å². The largest absolute Gasteiger partial charge is 0.393 e. The van der Waals surface area contributed by atoms with Gasteiger partial charge in [-0.3, -0.25) is 0 Å². The van der Waals surface area contributed by atoms with Crippen molar-refractivity contribution >= 4 is 0 Å². The molecule has 4 saturated carbocycles. The molecule has 0 heterocycles. The van der Waals surface area contributed by atoms with E-state index in [1.807, 2.05) is 0 Å². The van der Waals surface area contributed by atoms with Gasteiger partial charge >= 0.3 is 0 Å². The van der Waals surface area contributed by atoms with E-state index in [1.54, 1.807) is 0 Å². The number of aliphatic hydroxyl groups is 3. The van der Waals surface area contributed by atoms with E-state index in [1.165, 1.54) is 0 Å². The van der Waals surface area contributed by atoms with Gasteiger partial charge in [-0.15, -0.1) is 0 Å². The molecule has 0 aromatic rings. The molecule has 0 spiro atoms. The van der Waals surface area contributed by atoms with Crippen molar-refractivity contribution in [3.8, 4) is 0 Å². The molecule has 0 amide bonds. The van der Waals surface area contributed by atoms with Crippen molar-refractivity contribution in [1.29, 1.82) is 0 Å². The van der Waals surface area contributed by atoms with Gasteiger partial charge in [-0.25, -0.2) is 0 Å². The van der Waals surface area contributed by atoms with Gasteiger partial charge in [-0.1, -0.05) is 20.8 Å². The second kappa shape index (κ2) is 5.19. The first kappa shape index (κ1) is 16.4. The van der Waals surface area contributed by atoms with Crippen LogP contribution >= 0.6 is 0 Å². The summed E-state index contributed by atoms with van der Waals surface area (Å²) in [6.07, 6.45) is 6.44. The van der Waals surface area contributed by atoms with Crippen LogP contribution < -0.4 is 0 Å². The summed E-state index contributed by atoms with van der Waals surface area (Å²) in [7, 11) is 0. The highest BCUT2D eigenvalue weighted by atomic mass is 16.3. The summed E-state index contributed by atoms with van der Waals surface area (Å²) in [6.45, 7) is 6.89. The van der Waals surface area contributed by atoms with Crippen molar-refractivity contribution in [3.05, 3.63) is 0 Å². The van der Waals surface area contributed by atoms with Gasteiger partial charge in [-0.2, -0.15) is 0 Å². The predicted octanol–water partition coefficient (Wildman–Crippen LogP) is 2.97. The van der Waals surface area contributed by atoms with E-state index in [4.69, 9.17) is 0 Å². The van der Waals surface area contributed by atoms with Crippen LogP contribution in [0.4, 0.5) is 0 Å². The fourth-order valence-corrected chi connectivity index (χ4v) is 7.54. The van der Waals surface area contributed by atoms with Gasteiger partial charge in [0.2, 0.25) is 0 Å². The number of hydrogen-bond acceptors (Lipinski definition) is 3. The van der Waals surface area contributed by atoms with Gasteiger partial charge < -0.3 is 15.3 Å². The smallest absolute Gasteiger partial charge is 0.0622 e. The lowest BCUT2D eigenvalue weighted by atomic mass is 9.44. The average Bonchev–Trinajstić information content (AvgIpc) is 2.73. The fourth-order valence-electron chi connectivity index (χ4n) is 7.54. The maximum Gasteiger partial charge on any atom is 0.0622 e. The number of rotatable bonds is 0. The Labute approximate surface area is 140 Å². The van der Waals surface area contributed by atoms with Gasteiger partial charge in [-0.05, 0) is 85.4 Å². The monoisotopic (exact) mass is 322 g/mol. The summed E-state index contributed by atoms with van der Waals surface area (Å²) in [4.78, 5) is 0. The zero-order valence-electron chi connectivity index (χ0n) is 14.9. The van der Waals surface area contributed by atoms with Gasteiger partial charge in [0, 0.05) is 0 Å². The molecule has 3 nitrogen and oxygen atoms in total. The molecule has 0 radical (unpaired) electrons. The average molecular weight is 322 g/mol. The maximum absolute atomic E-state index is 11.0. The Morgan fingerprint density at radius 2 is 1.52 bits per heavy atom. The van der Waals surface area contributed by atoms with Gasteiger partial charge in [0.15, 0.2) is 0 Å². The third-order valence-electron chi connectivity index (χ3n) is 8.93. The van der Waals surface area contributed by atoms with E-state index in [0.29, 0.717) is 29.6 Å². The predicted molar refractivity (Wildman–Crippen MR) is 89.7 cm³/mol. The molecule has 0 aliphatic heterocycles. The summed E-state index contributed by atoms with van der Waals surface area (Å²) < 4.78 is 0. The van der Waals surface area contributed by atoms with E-state index >= 15 is 0 Å². The molecule has 4 unspecified atom stereocenters. The Morgan fingerprint density at radius 1 is 0.826 bits per heavy atom. The molecule has 4 fully saturated rings. The molecule has 23 heavy (non-hydrogen) atoms. The third kappa shape index (κ3) is 2.12. The van der Waals surface area contributed by atoms with Crippen LogP contribution in [0.2, 0.25) is 0 Å². The molecule has 3 heteroatoms. The van der Waals surface area contributed by atoms with Crippen molar-refractivity contribution in [3.63, 3.8) is 0 Å². The lowest BCUT2D eigenvalue weighted by Gasteiger charge is -2.61. The molecule has 4 rings (SSSR count). The number of hydrogen-bond donors (Lipinski definition) is 3. The normalized spacial score (nSPS) is 62.3. The SMILES string of the molecule is C[C@@H]1CC2C3C(O)C[C@H]4C[C@H](O)CC[C@]4(C)C3CC[C@]2(C)[C@H]1O. The topological polar surface area (TPSA) is 60.7 Å². The van der Waals surface area contributed by atoms with Crippen LogP contribution in [0, 0.1) is 40.4 Å². The third-order valence-corrected chi connectivity index (χ3v) is 8.93. The van der Waals surface area contributed by atoms with E-state index < -0.39 is 0 Å².